The van der Waals surface area contributed by atoms with Crippen LogP contribution in [0.4, 0.5) is 11.4 Å². The highest BCUT2D eigenvalue weighted by atomic mass is 16.3. The summed E-state index contributed by atoms with van der Waals surface area (Å²) in [5.74, 6) is -2.82. The predicted molar refractivity (Wildman–Crippen MR) is 204 cm³/mol. The van der Waals surface area contributed by atoms with Gasteiger partial charge in [-0.3, -0.25) is 28.8 Å². The number of benzene rings is 2. The first-order valence-electron chi connectivity index (χ1n) is 17.8. The first kappa shape index (κ1) is 47.1. The van der Waals surface area contributed by atoms with E-state index in [2.05, 4.69) is 21.3 Å². The van der Waals surface area contributed by atoms with Crippen molar-refractivity contribution in [1.29, 1.82) is 0 Å². The van der Waals surface area contributed by atoms with Gasteiger partial charge in [0.15, 0.2) is 0 Å². The smallest absolute Gasteiger partial charge is 0.252 e. The Balaban J connectivity index is 2.72. The maximum atomic E-state index is 13.4. The predicted octanol–water partition coefficient (Wildman–Crippen LogP) is -2.87. The number of carbonyl (C=O) groups is 6. The average Bonchev–Trinajstić information content (AvgIpc) is 3.16. The molecule has 11 N–H and O–H groups in total. The molecule has 0 saturated heterocycles. The Morgan fingerprint density at radius 3 is 1.04 bits per heavy atom. The maximum absolute atomic E-state index is 13.4. The second-order valence-corrected chi connectivity index (χ2v) is 13.2. The number of carbonyl (C=O) groups excluding carboxylic acids is 6. The highest BCUT2D eigenvalue weighted by molar-refractivity contribution is 6.08. The van der Waals surface area contributed by atoms with E-state index in [0.717, 1.165) is 9.80 Å². The van der Waals surface area contributed by atoms with Crippen LogP contribution in [0.1, 0.15) is 74.8 Å². The fourth-order valence-electron chi connectivity index (χ4n) is 6.76. The van der Waals surface area contributed by atoms with Crippen LogP contribution in [0.15, 0.2) is 0 Å². The lowest BCUT2D eigenvalue weighted by Gasteiger charge is -2.31. The van der Waals surface area contributed by atoms with Crippen LogP contribution < -0.4 is 31.1 Å². The van der Waals surface area contributed by atoms with Crippen LogP contribution in [0.25, 0.3) is 0 Å². The summed E-state index contributed by atoms with van der Waals surface area (Å²) in [5.41, 5.74) is 1.39. The first-order valence-corrected chi connectivity index (χ1v) is 17.8. The van der Waals surface area contributed by atoms with Crippen LogP contribution in [0, 0.1) is 41.5 Å². The van der Waals surface area contributed by atoms with Crippen LogP contribution in [0.5, 0.6) is 0 Å². The molecule has 0 heterocycles. The topological polar surface area (TPSA) is 299 Å². The van der Waals surface area contributed by atoms with Crippen LogP contribution in [0.2, 0.25) is 0 Å². The normalized spacial score (nSPS) is 12.6. The lowest BCUT2D eigenvalue weighted by molar-refractivity contribution is -0.108. The van der Waals surface area contributed by atoms with E-state index in [-0.39, 0.29) is 106 Å². The summed E-state index contributed by atoms with van der Waals surface area (Å²) in [5, 5.41) is 78.2. The van der Waals surface area contributed by atoms with Crippen molar-refractivity contribution in [3.05, 3.63) is 55.6 Å². The van der Waals surface area contributed by atoms with Crippen molar-refractivity contribution in [1.82, 2.24) is 21.3 Å². The molecule has 56 heavy (non-hydrogen) atoms. The van der Waals surface area contributed by atoms with Gasteiger partial charge in [0.05, 0.1) is 69.2 Å². The van der Waals surface area contributed by atoms with Crippen molar-refractivity contribution in [2.45, 2.75) is 59.9 Å². The molecule has 0 aromatic heterocycles. The number of anilines is 2. The zero-order valence-corrected chi connectivity index (χ0v) is 32.4. The van der Waals surface area contributed by atoms with E-state index < -0.39 is 68.2 Å². The van der Waals surface area contributed by atoms with Gasteiger partial charge in [-0.15, -0.1) is 0 Å². The SMILES string of the molecule is Cc1c(C(=O)NCCO)c(C)c(N(C=O)CC(O)CN(C=O)c2c(C)c(C(=O)NCCO)c(C)c(C(=O)NCC(O)CO)c2C)c(C)c1C(=O)NCC(O)CO. The van der Waals surface area contributed by atoms with E-state index >= 15 is 0 Å². The fourth-order valence-corrected chi connectivity index (χ4v) is 6.76. The second kappa shape index (κ2) is 21.9. The number of nitrogens with one attached hydrogen (secondary N) is 4. The van der Waals surface area contributed by atoms with E-state index in [9.17, 15) is 64.5 Å². The molecule has 0 fully saturated rings. The Bertz CT molecular complexity index is 1640. The van der Waals surface area contributed by atoms with Gasteiger partial charge >= 0.3 is 0 Å². The Hall–Kier alpha value is -5.02. The van der Waals surface area contributed by atoms with Gasteiger partial charge in [0.2, 0.25) is 12.8 Å². The lowest BCUT2D eigenvalue weighted by atomic mass is 9.89. The van der Waals surface area contributed by atoms with E-state index in [4.69, 9.17) is 0 Å². The van der Waals surface area contributed by atoms with Gasteiger partial charge in [0.1, 0.15) is 0 Å². The third-order valence-corrected chi connectivity index (χ3v) is 9.19. The number of amides is 6. The molecule has 0 aliphatic heterocycles. The van der Waals surface area contributed by atoms with Gasteiger partial charge in [0.25, 0.3) is 23.6 Å². The number of nitrogens with zero attached hydrogens (tertiary/aromatic N) is 2. The van der Waals surface area contributed by atoms with E-state index in [0.29, 0.717) is 12.8 Å². The average molecular weight is 791 g/mol. The molecular formula is C37H54N6O13. The van der Waals surface area contributed by atoms with Crippen molar-refractivity contribution in [3.8, 4) is 0 Å². The molecular weight excluding hydrogens is 736 g/mol. The Labute approximate surface area is 324 Å². The third kappa shape index (κ3) is 11.1. The minimum atomic E-state index is -1.53. The summed E-state index contributed by atoms with van der Waals surface area (Å²) in [6.07, 6.45) is -3.37. The van der Waals surface area contributed by atoms with Crippen molar-refractivity contribution >= 4 is 47.8 Å². The van der Waals surface area contributed by atoms with Crippen LogP contribution >= 0.6 is 0 Å². The molecule has 19 heteroatoms. The number of hydrogen-bond acceptors (Lipinski definition) is 13. The van der Waals surface area contributed by atoms with Crippen LogP contribution in [0.3, 0.4) is 0 Å². The Morgan fingerprint density at radius 1 is 0.500 bits per heavy atom. The highest BCUT2D eigenvalue weighted by Crippen LogP contribution is 2.36. The standard InChI is InChI=1S/C37H54N6O13/c1-19-28(34(53)38-7-9-44)21(3)32(23(5)30(19)36(55)40-11-25(50)15-46)42(17-48)13-27(52)14-43(18-49)33-22(4)29(35(54)39-8-10-45)20(2)31(24(33)6)37(56)41-12-26(51)16-47/h17-18,25-27,44-47,50-52H,7-16H2,1-6H3,(H,38,53)(H,39,54)(H,40,55)(H,41,56). The summed E-state index contributed by atoms with van der Waals surface area (Å²) in [4.78, 5) is 81.2. The maximum Gasteiger partial charge on any atom is 0.252 e. The molecule has 310 valence electrons. The summed E-state index contributed by atoms with van der Waals surface area (Å²) in [6, 6.07) is 0. The number of hydrogen-bond donors (Lipinski definition) is 11. The molecule has 2 unspecified atom stereocenters. The lowest BCUT2D eigenvalue weighted by Crippen LogP contribution is -2.42. The molecule has 2 aromatic carbocycles. The fraction of sp³-hybridized carbons (Fsp3) is 0.514. The molecule has 2 aromatic rings. The minimum absolute atomic E-state index is 0.00186. The van der Waals surface area contributed by atoms with Gasteiger partial charge in [-0.05, 0) is 74.9 Å². The Kier molecular flexibility index (Phi) is 18.4. The summed E-state index contributed by atoms with van der Waals surface area (Å²) < 4.78 is 0. The number of aliphatic hydroxyl groups excluding tert-OH is 7. The summed E-state index contributed by atoms with van der Waals surface area (Å²) in [7, 11) is 0. The molecule has 0 aliphatic carbocycles. The molecule has 19 nitrogen and oxygen atoms in total. The Morgan fingerprint density at radius 2 is 0.786 bits per heavy atom. The monoisotopic (exact) mass is 790 g/mol. The van der Waals surface area contributed by atoms with Crippen molar-refractivity contribution in [3.63, 3.8) is 0 Å². The zero-order chi connectivity index (χ0) is 42.4. The molecule has 0 spiro atoms. The molecule has 0 aliphatic rings. The van der Waals surface area contributed by atoms with Crippen molar-refractivity contribution in [2.75, 3.05) is 75.5 Å². The third-order valence-electron chi connectivity index (χ3n) is 9.19. The molecule has 0 saturated carbocycles. The number of rotatable bonds is 22. The van der Waals surface area contributed by atoms with E-state index in [1.807, 2.05) is 0 Å². The molecule has 0 bridgehead atoms. The first-order chi connectivity index (χ1) is 26.5. The van der Waals surface area contributed by atoms with Crippen LogP contribution in [-0.4, -0.2) is 156 Å². The zero-order valence-electron chi connectivity index (χ0n) is 32.4. The van der Waals surface area contributed by atoms with Gasteiger partial charge in [-0.25, -0.2) is 0 Å². The quantitative estimate of drug-likeness (QED) is 0.0536. The molecule has 0 radical (unpaired) electrons. The number of aliphatic hydroxyl groups is 7. The second-order valence-electron chi connectivity index (χ2n) is 13.2. The van der Waals surface area contributed by atoms with E-state index in [1.165, 1.54) is 41.5 Å². The largest absolute Gasteiger partial charge is 0.395 e. The van der Waals surface area contributed by atoms with Crippen molar-refractivity contribution < 1.29 is 64.5 Å². The van der Waals surface area contributed by atoms with Gasteiger partial charge < -0.3 is 66.8 Å². The minimum Gasteiger partial charge on any atom is -0.395 e. The summed E-state index contributed by atoms with van der Waals surface area (Å²) >= 11 is 0. The molecule has 2 rings (SSSR count). The van der Waals surface area contributed by atoms with Gasteiger partial charge in [-0.1, -0.05) is 0 Å². The van der Waals surface area contributed by atoms with Crippen molar-refractivity contribution in [2.24, 2.45) is 0 Å². The van der Waals surface area contributed by atoms with Crippen LogP contribution in [-0.2, 0) is 9.59 Å². The van der Waals surface area contributed by atoms with Gasteiger partial charge in [-0.2, -0.15) is 0 Å². The molecule has 2 atom stereocenters. The van der Waals surface area contributed by atoms with Gasteiger partial charge in [0, 0.05) is 48.4 Å². The summed E-state index contributed by atoms with van der Waals surface area (Å²) in [6.45, 7) is 5.12. The molecule has 6 amide bonds. The van der Waals surface area contributed by atoms with E-state index in [1.54, 1.807) is 0 Å². The highest BCUT2D eigenvalue weighted by Gasteiger charge is 2.31.